The van der Waals surface area contributed by atoms with Gasteiger partial charge in [-0.15, -0.1) is 0 Å². The normalized spacial score (nSPS) is 15.7. The van der Waals surface area contributed by atoms with E-state index in [9.17, 15) is 4.79 Å². The lowest BCUT2D eigenvalue weighted by Gasteiger charge is -2.23. The zero-order chi connectivity index (χ0) is 16.8. The molecule has 0 amide bonds. The number of benzene rings is 1. The molecule has 3 rings (SSSR count). The summed E-state index contributed by atoms with van der Waals surface area (Å²) < 4.78 is 7.34. The molecule has 1 aromatic heterocycles. The van der Waals surface area contributed by atoms with Crippen LogP contribution in [-0.2, 0) is 4.74 Å². The van der Waals surface area contributed by atoms with Crippen LogP contribution in [0.25, 0.3) is 0 Å². The fraction of sp³-hybridized carbons (Fsp3) is 0.400. The number of esters is 1. The Hall–Kier alpha value is -2.36. The highest BCUT2D eigenvalue weighted by Crippen LogP contribution is 2.28. The molecule has 2 aromatic rings. The van der Waals surface area contributed by atoms with Gasteiger partial charge in [0, 0.05) is 30.2 Å². The van der Waals surface area contributed by atoms with Crippen molar-refractivity contribution in [1.82, 2.24) is 4.57 Å². The van der Waals surface area contributed by atoms with Crippen molar-refractivity contribution in [1.29, 1.82) is 0 Å². The first kappa shape index (κ1) is 16.5. The molecule has 24 heavy (non-hydrogen) atoms. The predicted molar refractivity (Wildman–Crippen MR) is 96.2 cm³/mol. The van der Waals surface area contributed by atoms with Crippen molar-refractivity contribution in [2.24, 2.45) is 4.99 Å². The maximum absolute atomic E-state index is 11.8. The summed E-state index contributed by atoms with van der Waals surface area (Å²) >= 11 is 0. The molecule has 4 nitrogen and oxygen atoms in total. The predicted octanol–water partition coefficient (Wildman–Crippen LogP) is 4.92. The molecule has 0 N–H and O–H groups in total. The van der Waals surface area contributed by atoms with E-state index in [1.54, 1.807) is 19.1 Å². The summed E-state index contributed by atoms with van der Waals surface area (Å²) in [7, 11) is 0. The third-order valence-electron chi connectivity index (χ3n) is 4.45. The van der Waals surface area contributed by atoms with Gasteiger partial charge in [0.2, 0.25) is 0 Å². The molecule has 1 heterocycles. The molecule has 1 aromatic carbocycles. The van der Waals surface area contributed by atoms with E-state index in [1.807, 2.05) is 18.3 Å². The van der Waals surface area contributed by atoms with Crippen LogP contribution < -0.4 is 0 Å². The minimum atomic E-state index is -0.307. The fourth-order valence-corrected chi connectivity index (χ4v) is 3.19. The van der Waals surface area contributed by atoms with Gasteiger partial charge >= 0.3 is 5.97 Å². The topological polar surface area (TPSA) is 43.6 Å². The second-order valence-electron chi connectivity index (χ2n) is 6.21. The van der Waals surface area contributed by atoms with Crippen LogP contribution in [0.4, 0.5) is 5.69 Å². The van der Waals surface area contributed by atoms with Crippen molar-refractivity contribution in [3.05, 3.63) is 53.9 Å². The van der Waals surface area contributed by atoms with Crippen molar-refractivity contribution < 1.29 is 9.53 Å². The van der Waals surface area contributed by atoms with Gasteiger partial charge in [-0.05, 0) is 44.0 Å². The number of carbonyl (C=O) groups excluding carboxylic acids is 1. The van der Waals surface area contributed by atoms with Gasteiger partial charge in [-0.2, -0.15) is 0 Å². The van der Waals surface area contributed by atoms with Gasteiger partial charge in [0.25, 0.3) is 0 Å². The van der Waals surface area contributed by atoms with Gasteiger partial charge in [0.1, 0.15) is 0 Å². The number of aromatic nitrogens is 1. The van der Waals surface area contributed by atoms with Gasteiger partial charge in [-0.1, -0.05) is 25.3 Å². The number of hydrogen-bond acceptors (Lipinski definition) is 3. The Labute approximate surface area is 143 Å². The summed E-state index contributed by atoms with van der Waals surface area (Å²) in [4.78, 5) is 16.3. The van der Waals surface area contributed by atoms with Crippen LogP contribution in [0.3, 0.4) is 0 Å². The van der Waals surface area contributed by atoms with E-state index in [0.29, 0.717) is 18.2 Å². The lowest BCUT2D eigenvalue weighted by molar-refractivity contribution is 0.0526. The highest BCUT2D eigenvalue weighted by Gasteiger charge is 2.14. The zero-order valence-corrected chi connectivity index (χ0v) is 14.1. The molecule has 1 aliphatic rings. The van der Waals surface area contributed by atoms with Crippen molar-refractivity contribution in [3.63, 3.8) is 0 Å². The molecule has 0 radical (unpaired) electrons. The van der Waals surface area contributed by atoms with Crippen molar-refractivity contribution in [3.8, 4) is 0 Å². The maximum atomic E-state index is 11.8. The number of nitrogens with zero attached hydrogens (tertiary/aromatic N) is 2. The summed E-state index contributed by atoms with van der Waals surface area (Å²) in [6, 6.07) is 9.94. The SMILES string of the molecule is CCOC(=O)c1cccc(N=Cc2ccn(C3CCCCC3)c2)c1. The van der Waals surface area contributed by atoms with E-state index in [2.05, 4.69) is 28.0 Å². The number of aliphatic imine (C=N–C) groups is 1. The third-order valence-corrected chi connectivity index (χ3v) is 4.45. The molecule has 0 atom stereocenters. The van der Waals surface area contributed by atoms with Crippen molar-refractivity contribution >= 4 is 17.9 Å². The maximum Gasteiger partial charge on any atom is 0.338 e. The summed E-state index contributed by atoms with van der Waals surface area (Å²) in [5.74, 6) is -0.307. The van der Waals surface area contributed by atoms with E-state index in [-0.39, 0.29) is 5.97 Å². The Morgan fingerprint density at radius 2 is 2.12 bits per heavy atom. The first-order chi connectivity index (χ1) is 11.8. The van der Waals surface area contributed by atoms with Crippen LogP contribution in [-0.4, -0.2) is 23.4 Å². The lowest BCUT2D eigenvalue weighted by atomic mass is 9.95. The molecule has 4 heteroatoms. The molecular weight excluding hydrogens is 300 g/mol. The van der Waals surface area contributed by atoms with Crippen LogP contribution in [0.15, 0.2) is 47.7 Å². The van der Waals surface area contributed by atoms with Crippen LogP contribution in [0.5, 0.6) is 0 Å². The monoisotopic (exact) mass is 324 g/mol. The van der Waals surface area contributed by atoms with E-state index >= 15 is 0 Å². The average molecular weight is 324 g/mol. The second kappa shape index (κ2) is 7.95. The van der Waals surface area contributed by atoms with Crippen LogP contribution >= 0.6 is 0 Å². The van der Waals surface area contributed by atoms with Gasteiger partial charge in [0.15, 0.2) is 0 Å². The summed E-state index contributed by atoms with van der Waals surface area (Å²) in [5.41, 5.74) is 2.37. The molecule has 126 valence electrons. The molecule has 0 saturated heterocycles. The molecule has 0 bridgehead atoms. The Morgan fingerprint density at radius 3 is 2.92 bits per heavy atom. The highest BCUT2D eigenvalue weighted by atomic mass is 16.5. The van der Waals surface area contributed by atoms with Gasteiger partial charge in [-0.3, -0.25) is 4.99 Å². The van der Waals surface area contributed by atoms with Gasteiger partial charge in [0.05, 0.1) is 17.9 Å². The van der Waals surface area contributed by atoms with Gasteiger partial charge in [-0.25, -0.2) is 4.79 Å². The van der Waals surface area contributed by atoms with Gasteiger partial charge < -0.3 is 9.30 Å². The Bertz CT molecular complexity index is 712. The minimum absolute atomic E-state index is 0.307. The lowest BCUT2D eigenvalue weighted by Crippen LogP contribution is -2.10. The Kier molecular flexibility index (Phi) is 5.47. The fourth-order valence-electron chi connectivity index (χ4n) is 3.19. The largest absolute Gasteiger partial charge is 0.462 e. The quantitative estimate of drug-likeness (QED) is 0.579. The number of rotatable bonds is 5. The Morgan fingerprint density at radius 1 is 1.29 bits per heavy atom. The molecule has 1 fully saturated rings. The number of hydrogen-bond donors (Lipinski definition) is 0. The van der Waals surface area contributed by atoms with Crippen molar-refractivity contribution in [2.75, 3.05) is 6.61 Å². The Balaban J connectivity index is 1.68. The number of ether oxygens (including phenoxy) is 1. The highest BCUT2D eigenvalue weighted by molar-refractivity contribution is 5.91. The summed E-state index contributed by atoms with van der Waals surface area (Å²) in [6.45, 7) is 2.18. The molecule has 0 unspecified atom stereocenters. The zero-order valence-electron chi connectivity index (χ0n) is 14.1. The van der Waals surface area contributed by atoms with E-state index in [0.717, 1.165) is 11.3 Å². The van der Waals surface area contributed by atoms with E-state index < -0.39 is 0 Å². The first-order valence-corrected chi connectivity index (χ1v) is 8.75. The van der Waals surface area contributed by atoms with Crippen LogP contribution in [0, 0.1) is 0 Å². The molecule has 0 aliphatic heterocycles. The van der Waals surface area contributed by atoms with Crippen LogP contribution in [0.2, 0.25) is 0 Å². The van der Waals surface area contributed by atoms with E-state index in [4.69, 9.17) is 4.74 Å². The molecular formula is C20H24N2O2. The molecule has 0 spiro atoms. The summed E-state index contributed by atoms with van der Waals surface area (Å²) in [6.07, 6.45) is 12.7. The molecule has 1 saturated carbocycles. The third kappa shape index (κ3) is 4.13. The van der Waals surface area contributed by atoms with Crippen LogP contribution in [0.1, 0.15) is 61.0 Å². The standard InChI is InChI=1S/C20H24N2O2/c1-2-24-20(23)17-7-6-8-18(13-17)21-14-16-11-12-22(15-16)19-9-4-3-5-10-19/h6-8,11-15,19H,2-5,9-10H2,1H3. The molecule has 1 aliphatic carbocycles. The summed E-state index contributed by atoms with van der Waals surface area (Å²) in [5, 5.41) is 0. The minimum Gasteiger partial charge on any atom is -0.462 e. The second-order valence-corrected chi connectivity index (χ2v) is 6.21. The first-order valence-electron chi connectivity index (χ1n) is 8.75. The van der Waals surface area contributed by atoms with E-state index in [1.165, 1.54) is 32.1 Å². The smallest absolute Gasteiger partial charge is 0.338 e. The van der Waals surface area contributed by atoms with Crippen molar-refractivity contribution in [2.45, 2.75) is 45.1 Å². The average Bonchev–Trinajstić information content (AvgIpc) is 3.10. The number of carbonyl (C=O) groups is 1.